The zero-order chi connectivity index (χ0) is 11.5. The lowest BCUT2D eigenvalue weighted by Crippen LogP contribution is -2.48. The fraction of sp³-hybridized carbons (Fsp3) is 0.750. The molecule has 5 heteroatoms. The average molecular weight is 276 g/mol. The van der Waals surface area contributed by atoms with Gasteiger partial charge in [-0.2, -0.15) is 0 Å². The number of aromatic nitrogens is 1. The second-order valence-electron chi connectivity index (χ2n) is 4.74. The lowest BCUT2D eigenvalue weighted by atomic mass is 9.97. The van der Waals surface area contributed by atoms with E-state index in [-0.39, 0.29) is 18.4 Å². The standard InChI is InChI=1S/C12H21N3S.ClH/c1-9(13)12-5-3-4-6-15(12)8-11-7-14-10(2)16-11;/h7,9,12H,3-6,8,13H2,1-2H3;1H. The molecular weight excluding hydrogens is 254 g/mol. The van der Waals surface area contributed by atoms with Gasteiger partial charge in [-0.1, -0.05) is 6.42 Å². The summed E-state index contributed by atoms with van der Waals surface area (Å²) in [5.74, 6) is 0. The number of nitrogens with zero attached hydrogens (tertiary/aromatic N) is 2. The summed E-state index contributed by atoms with van der Waals surface area (Å²) in [6.07, 6.45) is 5.88. The fourth-order valence-electron chi connectivity index (χ4n) is 2.49. The molecule has 1 aliphatic rings. The van der Waals surface area contributed by atoms with Crippen molar-refractivity contribution in [3.05, 3.63) is 16.1 Å². The van der Waals surface area contributed by atoms with E-state index in [1.165, 1.54) is 30.7 Å². The zero-order valence-electron chi connectivity index (χ0n) is 10.6. The van der Waals surface area contributed by atoms with Crippen LogP contribution in [0.1, 0.15) is 36.1 Å². The van der Waals surface area contributed by atoms with Crippen LogP contribution in [-0.4, -0.2) is 28.5 Å². The Morgan fingerprint density at radius 2 is 2.35 bits per heavy atom. The molecule has 3 nitrogen and oxygen atoms in total. The highest BCUT2D eigenvalue weighted by molar-refractivity contribution is 7.11. The highest BCUT2D eigenvalue weighted by atomic mass is 35.5. The molecule has 1 aromatic rings. The molecule has 1 aromatic heterocycles. The van der Waals surface area contributed by atoms with Gasteiger partial charge in [-0.3, -0.25) is 4.90 Å². The summed E-state index contributed by atoms with van der Waals surface area (Å²) in [5.41, 5.74) is 6.06. The molecule has 98 valence electrons. The van der Waals surface area contributed by atoms with E-state index < -0.39 is 0 Å². The monoisotopic (exact) mass is 275 g/mol. The molecule has 1 saturated heterocycles. The van der Waals surface area contributed by atoms with Crippen molar-refractivity contribution < 1.29 is 0 Å². The molecule has 2 N–H and O–H groups in total. The van der Waals surface area contributed by atoms with Gasteiger partial charge in [0.1, 0.15) is 0 Å². The first-order valence-corrected chi connectivity index (χ1v) is 6.89. The highest BCUT2D eigenvalue weighted by Gasteiger charge is 2.25. The molecule has 1 aliphatic heterocycles. The number of halogens is 1. The summed E-state index contributed by atoms with van der Waals surface area (Å²) in [6.45, 7) is 6.40. The molecule has 0 saturated carbocycles. The quantitative estimate of drug-likeness (QED) is 0.922. The number of rotatable bonds is 3. The van der Waals surface area contributed by atoms with E-state index in [1.807, 2.05) is 6.20 Å². The Labute approximate surface area is 114 Å². The molecule has 0 spiro atoms. The van der Waals surface area contributed by atoms with Gasteiger partial charge in [-0.25, -0.2) is 4.98 Å². The van der Waals surface area contributed by atoms with Gasteiger partial charge in [0.05, 0.1) is 5.01 Å². The molecule has 2 rings (SSSR count). The van der Waals surface area contributed by atoms with Crippen LogP contribution in [0.15, 0.2) is 6.20 Å². The topological polar surface area (TPSA) is 42.2 Å². The molecule has 2 heterocycles. The van der Waals surface area contributed by atoms with Crippen molar-refractivity contribution in [3.63, 3.8) is 0 Å². The van der Waals surface area contributed by atoms with Crippen LogP contribution in [0.5, 0.6) is 0 Å². The number of hydrogen-bond acceptors (Lipinski definition) is 4. The van der Waals surface area contributed by atoms with Gasteiger partial charge in [0.25, 0.3) is 0 Å². The van der Waals surface area contributed by atoms with E-state index in [1.54, 1.807) is 11.3 Å². The zero-order valence-corrected chi connectivity index (χ0v) is 12.2. The smallest absolute Gasteiger partial charge is 0.0897 e. The van der Waals surface area contributed by atoms with E-state index >= 15 is 0 Å². The normalized spacial score (nSPS) is 23.1. The van der Waals surface area contributed by atoms with E-state index in [9.17, 15) is 0 Å². The van der Waals surface area contributed by atoms with Gasteiger partial charge in [0.2, 0.25) is 0 Å². The fourth-order valence-corrected chi connectivity index (χ4v) is 3.31. The van der Waals surface area contributed by atoms with Crippen molar-refractivity contribution in [3.8, 4) is 0 Å². The van der Waals surface area contributed by atoms with Gasteiger partial charge in [0, 0.05) is 29.7 Å². The Balaban J connectivity index is 0.00000144. The first-order valence-electron chi connectivity index (χ1n) is 6.08. The highest BCUT2D eigenvalue weighted by Crippen LogP contribution is 2.23. The third-order valence-electron chi connectivity index (χ3n) is 3.30. The Hall–Kier alpha value is -0.160. The van der Waals surface area contributed by atoms with E-state index in [2.05, 4.69) is 23.7 Å². The molecule has 1 fully saturated rings. The summed E-state index contributed by atoms with van der Waals surface area (Å²) in [6, 6.07) is 0.825. The maximum absolute atomic E-state index is 6.06. The van der Waals surface area contributed by atoms with Gasteiger partial charge >= 0.3 is 0 Å². The SMILES string of the molecule is Cc1ncc(CN2CCCCC2C(C)N)s1.Cl. The predicted molar refractivity (Wildman–Crippen MR) is 75.8 cm³/mol. The summed E-state index contributed by atoms with van der Waals surface area (Å²) >= 11 is 1.80. The van der Waals surface area contributed by atoms with Gasteiger partial charge in [-0.05, 0) is 33.2 Å². The van der Waals surface area contributed by atoms with Crippen LogP contribution >= 0.6 is 23.7 Å². The Morgan fingerprint density at radius 1 is 1.59 bits per heavy atom. The molecule has 17 heavy (non-hydrogen) atoms. The van der Waals surface area contributed by atoms with Crippen molar-refractivity contribution >= 4 is 23.7 Å². The van der Waals surface area contributed by atoms with E-state index in [0.29, 0.717) is 6.04 Å². The minimum atomic E-state index is 0. The maximum atomic E-state index is 6.06. The van der Waals surface area contributed by atoms with Crippen LogP contribution in [0.25, 0.3) is 0 Å². The number of thiazole rings is 1. The predicted octanol–water partition coefficient (Wildman–Crippen LogP) is 2.58. The van der Waals surface area contributed by atoms with E-state index in [0.717, 1.165) is 11.6 Å². The summed E-state index contributed by atoms with van der Waals surface area (Å²) < 4.78 is 0. The van der Waals surface area contributed by atoms with Crippen molar-refractivity contribution in [2.45, 2.75) is 51.7 Å². The average Bonchev–Trinajstić information content (AvgIpc) is 2.64. The molecular formula is C12H22ClN3S. The van der Waals surface area contributed by atoms with Gasteiger partial charge in [0.15, 0.2) is 0 Å². The molecule has 2 atom stereocenters. The second-order valence-corrected chi connectivity index (χ2v) is 6.06. The third-order valence-corrected chi connectivity index (χ3v) is 4.20. The number of aryl methyl sites for hydroxylation is 1. The van der Waals surface area contributed by atoms with Crippen LogP contribution in [0.3, 0.4) is 0 Å². The first-order chi connectivity index (χ1) is 7.66. The van der Waals surface area contributed by atoms with Crippen molar-refractivity contribution in [1.29, 1.82) is 0 Å². The number of hydrogen-bond donors (Lipinski definition) is 1. The molecule has 0 amide bonds. The van der Waals surface area contributed by atoms with Gasteiger partial charge in [-0.15, -0.1) is 23.7 Å². The lowest BCUT2D eigenvalue weighted by molar-refractivity contribution is 0.124. The first kappa shape index (κ1) is 14.9. The number of nitrogens with two attached hydrogens (primary N) is 1. The minimum Gasteiger partial charge on any atom is -0.327 e. The largest absolute Gasteiger partial charge is 0.327 e. The number of likely N-dealkylation sites (tertiary alicyclic amines) is 1. The molecule has 0 aliphatic carbocycles. The summed E-state index contributed by atoms with van der Waals surface area (Å²) in [4.78, 5) is 8.21. The van der Waals surface area contributed by atoms with Crippen molar-refractivity contribution in [1.82, 2.24) is 9.88 Å². The maximum Gasteiger partial charge on any atom is 0.0897 e. The summed E-state index contributed by atoms with van der Waals surface area (Å²) in [5, 5.41) is 1.16. The van der Waals surface area contributed by atoms with Crippen LogP contribution in [0, 0.1) is 6.92 Å². The van der Waals surface area contributed by atoms with E-state index in [4.69, 9.17) is 5.73 Å². The second kappa shape index (κ2) is 6.69. The Bertz CT molecular complexity index is 340. The minimum absolute atomic E-state index is 0. The number of piperidine rings is 1. The summed E-state index contributed by atoms with van der Waals surface area (Å²) in [7, 11) is 0. The van der Waals surface area contributed by atoms with Crippen molar-refractivity contribution in [2.24, 2.45) is 5.73 Å². The lowest BCUT2D eigenvalue weighted by Gasteiger charge is -2.37. The Morgan fingerprint density at radius 3 is 2.94 bits per heavy atom. The third kappa shape index (κ3) is 3.91. The molecule has 2 unspecified atom stereocenters. The van der Waals surface area contributed by atoms with Crippen LogP contribution in [0.4, 0.5) is 0 Å². The molecule has 0 radical (unpaired) electrons. The van der Waals surface area contributed by atoms with Gasteiger partial charge < -0.3 is 5.73 Å². The molecule has 0 bridgehead atoms. The Kier molecular flexibility index (Phi) is 5.86. The van der Waals surface area contributed by atoms with Crippen LogP contribution in [0.2, 0.25) is 0 Å². The van der Waals surface area contributed by atoms with Crippen molar-refractivity contribution in [2.75, 3.05) is 6.54 Å². The molecule has 0 aromatic carbocycles. The van der Waals surface area contributed by atoms with Crippen LogP contribution < -0.4 is 5.73 Å². The van der Waals surface area contributed by atoms with Crippen LogP contribution in [-0.2, 0) is 6.54 Å².